The summed E-state index contributed by atoms with van der Waals surface area (Å²) in [6.07, 6.45) is -3.72. The number of carbonyl (C=O) groups is 6. The van der Waals surface area contributed by atoms with Crippen LogP contribution in [0.1, 0.15) is 120 Å². The van der Waals surface area contributed by atoms with Crippen LogP contribution in [0.15, 0.2) is 54.6 Å². The second kappa shape index (κ2) is 26.5. The molecule has 0 saturated carbocycles. The van der Waals surface area contributed by atoms with Crippen LogP contribution in [-0.4, -0.2) is 76.9 Å². The number of hydroxylamine groups is 2. The molecule has 21 heteroatoms. The highest BCUT2D eigenvalue weighted by Gasteiger charge is 2.35. The third-order valence-electron chi connectivity index (χ3n) is 8.23. The Morgan fingerprint density at radius 2 is 1.09 bits per heavy atom. The quantitative estimate of drug-likeness (QED) is 0.0370. The van der Waals surface area contributed by atoms with Crippen LogP contribution in [0.4, 0.5) is 22.0 Å². The number of nitrogens with two attached hydrogens (primary N) is 1. The summed E-state index contributed by atoms with van der Waals surface area (Å²) in [6, 6.07) is 12.9. The fraction of sp³-hybridized carbons (Fsp3) is 0.409. The number of hydrogen-bond acceptors (Lipinski definition) is 12. The largest absolute Gasteiger partial charge is 0.417 e. The second-order valence-corrected chi connectivity index (χ2v) is 17.9. The van der Waals surface area contributed by atoms with Crippen LogP contribution in [0.5, 0.6) is 0 Å². The first kappa shape index (κ1) is 57.6. The minimum absolute atomic E-state index is 0.00287. The van der Waals surface area contributed by atoms with Gasteiger partial charge in [-0.05, 0) is 109 Å². The number of aryl methyl sites for hydroxylation is 4. The second-order valence-electron chi connectivity index (χ2n) is 15.4. The number of aliphatic hydroxyl groups excluding tert-OH is 2. The van der Waals surface area contributed by atoms with Crippen molar-refractivity contribution in [2.45, 2.75) is 98.5 Å². The lowest BCUT2D eigenvalue weighted by Gasteiger charge is -2.22. The number of rotatable bonds is 16. The van der Waals surface area contributed by atoms with Crippen LogP contribution in [-0.2, 0) is 25.4 Å². The average molecular weight is 959 g/mol. The average Bonchev–Trinajstić information content (AvgIpc) is 3.88. The monoisotopic (exact) mass is 958 g/mol. The molecule has 0 unspecified atom stereocenters. The summed E-state index contributed by atoms with van der Waals surface area (Å²) >= 11 is 2.92. The predicted molar refractivity (Wildman–Crippen MR) is 235 cm³/mol. The van der Waals surface area contributed by atoms with E-state index in [9.17, 15) is 50.7 Å². The Bertz CT molecular complexity index is 2230. The highest BCUT2D eigenvalue weighted by Crippen LogP contribution is 2.33. The minimum atomic E-state index is -4.63. The minimum Gasteiger partial charge on any atom is -0.393 e. The molecule has 0 bridgehead atoms. The maximum atomic E-state index is 13.5. The molecule has 4 amide bonds. The van der Waals surface area contributed by atoms with Crippen molar-refractivity contribution in [2.24, 2.45) is 5.73 Å². The molecule has 0 fully saturated rings. The van der Waals surface area contributed by atoms with Crippen LogP contribution in [0.25, 0.3) is 0 Å². The van der Waals surface area contributed by atoms with Crippen molar-refractivity contribution in [1.29, 1.82) is 0 Å². The fourth-order valence-corrected chi connectivity index (χ4v) is 6.22. The molecule has 0 aliphatic rings. The number of aliphatic hydroxyl groups is 2. The lowest BCUT2D eigenvalue weighted by Crippen LogP contribution is -2.39. The van der Waals surface area contributed by atoms with E-state index in [1.165, 1.54) is 70.3 Å². The molecule has 65 heavy (non-hydrogen) atoms. The SMILES string of the molecule is CNC(=O)CCC(=O)c1ccc(C)s1.Cc1cc(F)c(C(=O)NOC(C)(C)CO)c(F)c1.Cc1ccc(C(=O)CCC(N)=O)s1.Cc1ccc(C(=O)NOC(C)(C)CO)c(C(F)(F)F)c1. The molecule has 0 radical (unpaired) electrons. The number of halogens is 5. The van der Waals surface area contributed by atoms with Crippen LogP contribution >= 0.6 is 22.7 Å². The number of Topliss-reactive ketones (excluding diaryl/α,β-unsaturated/α-hetero) is 2. The topological polar surface area (TPSA) is 223 Å². The van der Waals surface area contributed by atoms with Crippen molar-refractivity contribution in [3.8, 4) is 0 Å². The zero-order valence-electron chi connectivity index (χ0n) is 37.4. The fourth-order valence-electron chi connectivity index (χ4n) is 4.55. The van der Waals surface area contributed by atoms with Gasteiger partial charge in [-0.2, -0.15) is 13.2 Å². The first-order chi connectivity index (χ1) is 30.1. The Morgan fingerprint density at radius 3 is 1.48 bits per heavy atom. The number of hydrogen-bond donors (Lipinski definition) is 6. The third-order valence-corrected chi connectivity index (χ3v) is 10.3. The smallest absolute Gasteiger partial charge is 0.393 e. The molecular weight excluding hydrogens is 904 g/mol. The molecule has 7 N–H and O–H groups in total. The van der Waals surface area contributed by atoms with Gasteiger partial charge in [0.05, 0.1) is 34.1 Å². The molecular formula is C44H55F5N4O10S2. The van der Waals surface area contributed by atoms with Gasteiger partial charge in [0.25, 0.3) is 11.8 Å². The molecule has 0 aliphatic carbocycles. The third kappa shape index (κ3) is 21.4. The van der Waals surface area contributed by atoms with Crippen molar-refractivity contribution in [1.82, 2.24) is 16.3 Å². The number of alkyl halides is 3. The summed E-state index contributed by atoms with van der Waals surface area (Å²) in [4.78, 5) is 80.9. The molecule has 0 atom stereocenters. The number of ketones is 2. The Morgan fingerprint density at radius 1 is 0.646 bits per heavy atom. The van der Waals surface area contributed by atoms with E-state index in [1.807, 2.05) is 43.0 Å². The van der Waals surface area contributed by atoms with Crippen LogP contribution < -0.4 is 22.0 Å². The number of thiophene rings is 2. The van der Waals surface area contributed by atoms with E-state index in [2.05, 4.69) is 5.32 Å². The van der Waals surface area contributed by atoms with E-state index >= 15 is 0 Å². The lowest BCUT2D eigenvalue weighted by atomic mass is 10.0. The summed E-state index contributed by atoms with van der Waals surface area (Å²) in [6.45, 7) is 12.1. The maximum Gasteiger partial charge on any atom is 0.417 e. The molecule has 2 heterocycles. The Kier molecular flexibility index (Phi) is 23.5. The highest BCUT2D eigenvalue weighted by atomic mass is 32.1. The summed E-state index contributed by atoms with van der Waals surface area (Å²) in [5.74, 6) is -4.45. The van der Waals surface area contributed by atoms with Crippen LogP contribution in [0.2, 0.25) is 0 Å². The number of amides is 4. The maximum absolute atomic E-state index is 13.5. The molecule has 4 rings (SSSR count). The van der Waals surface area contributed by atoms with Crippen molar-refractivity contribution < 1.29 is 70.6 Å². The van der Waals surface area contributed by atoms with Gasteiger partial charge in [-0.25, -0.2) is 19.7 Å². The number of nitrogens with one attached hydrogen (secondary N) is 3. The Hall–Kier alpha value is -5.45. The van der Waals surface area contributed by atoms with E-state index in [0.29, 0.717) is 22.4 Å². The van der Waals surface area contributed by atoms with Gasteiger partial charge in [0.2, 0.25) is 11.8 Å². The zero-order valence-corrected chi connectivity index (χ0v) is 39.0. The van der Waals surface area contributed by atoms with Crippen molar-refractivity contribution in [3.63, 3.8) is 0 Å². The molecule has 2 aromatic heterocycles. The molecule has 358 valence electrons. The van der Waals surface area contributed by atoms with E-state index in [0.717, 1.165) is 38.9 Å². The summed E-state index contributed by atoms with van der Waals surface area (Å²) in [5, 5.41) is 20.3. The van der Waals surface area contributed by atoms with E-state index in [-0.39, 0.29) is 43.3 Å². The molecule has 0 spiro atoms. The Labute approximate surface area is 381 Å². The van der Waals surface area contributed by atoms with Gasteiger partial charge in [0, 0.05) is 42.5 Å². The number of carbonyl (C=O) groups excluding carboxylic acids is 6. The van der Waals surface area contributed by atoms with Gasteiger partial charge >= 0.3 is 6.18 Å². The lowest BCUT2D eigenvalue weighted by molar-refractivity contribution is -0.138. The van der Waals surface area contributed by atoms with Crippen molar-refractivity contribution >= 4 is 57.9 Å². The van der Waals surface area contributed by atoms with Crippen LogP contribution in [0, 0.1) is 39.3 Å². The predicted octanol–water partition coefficient (Wildman–Crippen LogP) is 7.42. The van der Waals surface area contributed by atoms with E-state index in [1.54, 1.807) is 13.1 Å². The van der Waals surface area contributed by atoms with Gasteiger partial charge in [-0.3, -0.25) is 38.4 Å². The van der Waals surface area contributed by atoms with Crippen molar-refractivity contribution in [3.05, 3.63) is 114 Å². The van der Waals surface area contributed by atoms with Crippen LogP contribution in [0.3, 0.4) is 0 Å². The Balaban J connectivity index is 0.000000439. The van der Waals surface area contributed by atoms with E-state index < -0.39 is 70.0 Å². The van der Waals surface area contributed by atoms with Gasteiger partial charge < -0.3 is 21.3 Å². The van der Waals surface area contributed by atoms with E-state index in [4.69, 9.17) is 25.6 Å². The standard InChI is InChI=1S/C13H16F3NO3.C12H15F2NO3.C10H13NO2S.C9H11NO2S/c1-8-4-5-9(10(6-8)13(14,15)16)11(19)17-20-12(2,3)7-18;1-7-4-8(13)10(9(14)5-7)11(17)15-18-12(2,3)6-16;1-7-3-5-9(14-7)8(12)4-6-10(13)11-2;1-6-2-4-8(13-6)7(11)3-5-9(10)12/h4-6,18H,7H2,1-3H3,(H,17,19);4-5,16H,6H2,1-3H3,(H,15,17);3,5H,4,6H2,1-2H3,(H,11,13);2,4H,3,5H2,1H3,(H2,10,12). The number of primary amides is 1. The van der Waals surface area contributed by atoms with Gasteiger partial charge in [0.1, 0.15) is 28.4 Å². The summed E-state index contributed by atoms with van der Waals surface area (Å²) in [5.41, 5.74) is 5.15. The first-order valence-electron chi connectivity index (χ1n) is 19.6. The summed E-state index contributed by atoms with van der Waals surface area (Å²) < 4.78 is 65.5. The molecule has 0 aliphatic heterocycles. The van der Waals surface area contributed by atoms with Gasteiger partial charge in [-0.1, -0.05) is 11.6 Å². The molecule has 0 saturated heterocycles. The molecule has 2 aromatic carbocycles. The van der Waals surface area contributed by atoms with Gasteiger partial charge in [0.15, 0.2) is 11.6 Å². The molecule has 4 aromatic rings. The number of benzene rings is 2. The molecule has 14 nitrogen and oxygen atoms in total. The zero-order chi connectivity index (χ0) is 49.9. The van der Waals surface area contributed by atoms with Gasteiger partial charge in [-0.15, -0.1) is 22.7 Å². The first-order valence-corrected chi connectivity index (χ1v) is 21.2. The van der Waals surface area contributed by atoms with Crippen molar-refractivity contribution in [2.75, 3.05) is 20.3 Å². The normalized spacial score (nSPS) is 11.1. The highest BCUT2D eigenvalue weighted by molar-refractivity contribution is 7.14. The summed E-state index contributed by atoms with van der Waals surface area (Å²) in [7, 11) is 1.57.